The van der Waals surface area contributed by atoms with Crippen molar-refractivity contribution in [2.75, 3.05) is 20.1 Å². The zero-order chi connectivity index (χ0) is 13.8. The molecule has 1 aliphatic heterocycles. The number of nitrogens with two attached hydrogens (primary N) is 1. The van der Waals surface area contributed by atoms with Crippen molar-refractivity contribution in [2.45, 2.75) is 51.9 Å². The molecule has 108 valence electrons. The standard InChI is InChI=1S/C13H25N5O/c1-4-18-6-5-11(7-10(18)2)17(3)9-12-15-13(8-14)19-16-12/h10-11H,4-9,14H2,1-3H3. The van der Waals surface area contributed by atoms with E-state index < -0.39 is 0 Å². The van der Waals surface area contributed by atoms with Gasteiger partial charge in [-0.1, -0.05) is 12.1 Å². The van der Waals surface area contributed by atoms with E-state index in [0.717, 1.165) is 18.9 Å². The van der Waals surface area contributed by atoms with Crippen molar-refractivity contribution in [1.82, 2.24) is 19.9 Å². The fourth-order valence-electron chi connectivity index (χ4n) is 2.86. The summed E-state index contributed by atoms with van der Waals surface area (Å²) in [6, 6.07) is 1.24. The van der Waals surface area contributed by atoms with E-state index in [1.54, 1.807) is 0 Å². The highest BCUT2D eigenvalue weighted by Gasteiger charge is 2.27. The molecular weight excluding hydrogens is 242 g/mol. The molecule has 1 aromatic heterocycles. The highest BCUT2D eigenvalue weighted by molar-refractivity contribution is 4.89. The van der Waals surface area contributed by atoms with Gasteiger partial charge >= 0.3 is 0 Å². The molecule has 6 heteroatoms. The summed E-state index contributed by atoms with van der Waals surface area (Å²) in [5, 5.41) is 3.95. The quantitative estimate of drug-likeness (QED) is 0.852. The van der Waals surface area contributed by atoms with Gasteiger partial charge in [0.15, 0.2) is 5.82 Å². The lowest BCUT2D eigenvalue weighted by molar-refractivity contribution is 0.0846. The first-order valence-electron chi connectivity index (χ1n) is 7.09. The van der Waals surface area contributed by atoms with Gasteiger partial charge in [0.05, 0.1) is 13.1 Å². The van der Waals surface area contributed by atoms with E-state index in [-0.39, 0.29) is 0 Å². The first kappa shape index (κ1) is 14.4. The zero-order valence-corrected chi connectivity index (χ0v) is 12.2. The molecule has 0 aliphatic carbocycles. The van der Waals surface area contributed by atoms with Crippen LogP contribution >= 0.6 is 0 Å². The second-order valence-electron chi connectivity index (χ2n) is 5.38. The summed E-state index contributed by atoms with van der Waals surface area (Å²) in [7, 11) is 2.14. The van der Waals surface area contributed by atoms with Gasteiger partial charge in [-0.25, -0.2) is 0 Å². The van der Waals surface area contributed by atoms with Crippen molar-refractivity contribution in [3.63, 3.8) is 0 Å². The molecule has 0 spiro atoms. The summed E-state index contributed by atoms with van der Waals surface area (Å²) in [5.74, 6) is 1.24. The Balaban J connectivity index is 1.88. The topological polar surface area (TPSA) is 71.4 Å². The largest absolute Gasteiger partial charge is 0.338 e. The van der Waals surface area contributed by atoms with E-state index >= 15 is 0 Å². The average Bonchev–Trinajstić information content (AvgIpc) is 2.86. The molecule has 1 fully saturated rings. The van der Waals surface area contributed by atoms with E-state index in [1.807, 2.05) is 0 Å². The Labute approximate surface area is 114 Å². The average molecular weight is 267 g/mol. The highest BCUT2D eigenvalue weighted by Crippen LogP contribution is 2.21. The third kappa shape index (κ3) is 3.52. The van der Waals surface area contributed by atoms with Crippen LogP contribution in [0.1, 0.15) is 38.4 Å². The maximum absolute atomic E-state index is 5.47. The Morgan fingerprint density at radius 1 is 1.53 bits per heavy atom. The molecule has 2 N–H and O–H groups in total. The zero-order valence-electron chi connectivity index (χ0n) is 12.2. The number of rotatable bonds is 5. The molecule has 2 atom stereocenters. The minimum Gasteiger partial charge on any atom is -0.338 e. The van der Waals surface area contributed by atoms with Crippen LogP contribution in [-0.2, 0) is 13.1 Å². The third-order valence-electron chi connectivity index (χ3n) is 4.09. The fourth-order valence-corrected chi connectivity index (χ4v) is 2.86. The van der Waals surface area contributed by atoms with Crippen molar-refractivity contribution in [3.05, 3.63) is 11.7 Å². The third-order valence-corrected chi connectivity index (χ3v) is 4.09. The molecule has 0 amide bonds. The first-order chi connectivity index (χ1) is 9.13. The Morgan fingerprint density at radius 3 is 2.89 bits per heavy atom. The number of nitrogens with zero attached hydrogens (tertiary/aromatic N) is 4. The van der Waals surface area contributed by atoms with Crippen LogP contribution in [0, 0.1) is 0 Å². The van der Waals surface area contributed by atoms with Crippen LogP contribution < -0.4 is 5.73 Å². The molecule has 2 rings (SSSR count). The molecule has 6 nitrogen and oxygen atoms in total. The summed E-state index contributed by atoms with van der Waals surface area (Å²) in [6.07, 6.45) is 2.40. The number of hydrogen-bond acceptors (Lipinski definition) is 6. The monoisotopic (exact) mass is 267 g/mol. The lowest BCUT2D eigenvalue weighted by Crippen LogP contribution is -2.47. The predicted molar refractivity (Wildman–Crippen MR) is 73.4 cm³/mol. The smallest absolute Gasteiger partial charge is 0.240 e. The van der Waals surface area contributed by atoms with Gasteiger partial charge in [0.2, 0.25) is 5.89 Å². The SMILES string of the molecule is CCN1CCC(N(C)Cc2noc(CN)n2)CC1C. The van der Waals surface area contributed by atoms with Crippen LogP contribution in [0.4, 0.5) is 0 Å². The number of piperidine rings is 1. The molecule has 1 aromatic rings. The molecule has 2 heterocycles. The van der Waals surface area contributed by atoms with Gasteiger partial charge in [0, 0.05) is 12.1 Å². The van der Waals surface area contributed by atoms with Crippen molar-refractivity contribution in [1.29, 1.82) is 0 Å². The number of hydrogen-bond donors (Lipinski definition) is 1. The van der Waals surface area contributed by atoms with Crippen LogP contribution in [0.25, 0.3) is 0 Å². The molecule has 1 saturated heterocycles. The predicted octanol–water partition coefficient (Wildman–Crippen LogP) is 0.833. The minimum atomic E-state index is 0.308. The van der Waals surface area contributed by atoms with Crippen molar-refractivity contribution in [2.24, 2.45) is 5.73 Å². The summed E-state index contributed by atoms with van der Waals surface area (Å²) in [4.78, 5) is 9.12. The minimum absolute atomic E-state index is 0.308. The lowest BCUT2D eigenvalue weighted by Gasteiger charge is -2.40. The first-order valence-corrected chi connectivity index (χ1v) is 7.09. The van der Waals surface area contributed by atoms with Gasteiger partial charge in [-0.2, -0.15) is 4.98 Å². The second kappa shape index (κ2) is 6.45. The van der Waals surface area contributed by atoms with Crippen LogP contribution in [0.2, 0.25) is 0 Å². The van der Waals surface area contributed by atoms with E-state index in [0.29, 0.717) is 24.5 Å². The molecule has 0 saturated carbocycles. The normalized spacial score (nSPS) is 25.1. The van der Waals surface area contributed by atoms with Crippen molar-refractivity contribution < 1.29 is 4.52 Å². The maximum atomic E-state index is 5.47. The Morgan fingerprint density at radius 2 is 2.32 bits per heavy atom. The second-order valence-corrected chi connectivity index (χ2v) is 5.38. The Bertz CT molecular complexity index is 394. The lowest BCUT2D eigenvalue weighted by atomic mass is 9.97. The van der Waals surface area contributed by atoms with Crippen LogP contribution in [0.3, 0.4) is 0 Å². The summed E-state index contributed by atoms with van der Waals surface area (Å²) in [6.45, 7) is 7.89. The number of aromatic nitrogens is 2. The van der Waals surface area contributed by atoms with Crippen molar-refractivity contribution >= 4 is 0 Å². The fraction of sp³-hybridized carbons (Fsp3) is 0.846. The van der Waals surface area contributed by atoms with Crippen molar-refractivity contribution in [3.8, 4) is 0 Å². The van der Waals surface area contributed by atoms with Gasteiger partial charge in [-0.05, 0) is 39.9 Å². The summed E-state index contributed by atoms with van der Waals surface area (Å²) >= 11 is 0. The maximum Gasteiger partial charge on any atom is 0.240 e. The number of likely N-dealkylation sites (tertiary alicyclic amines) is 1. The van der Waals surface area contributed by atoms with Crippen LogP contribution in [-0.4, -0.2) is 52.2 Å². The van der Waals surface area contributed by atoms with E-state index in [4.69, 9.17) is 10.3 Å². The Hall–Kier alpha value is -0.980. The van der Waals surface area contributed by atoms with E-state index in [2.05, 4.69) is 40.8 Å². The molecule has 0 radical (unpaired) electrons. The highest BCUT2D eigenvalue weighted by atomic mass is 16.5. The summed E-state index contributed by atoms with van der Waals surface area (Å²) < 4.78 is 5.04. The molecule has 0 bridgehead atoms. The van der Waals surface area contributed by atoms with E-state index in [1.165, 1.54) is 19.4 Å². The van der Waals surface area contributed by atoms with Gasteiger partial charge in [0.25, 0.3) is 0 Å². The molecule has 19 heavy (non-hydrogen) atoms. The molecular formula is C13H25N5O. The van der Waals surface area contributed by atoms with E-state index in [9.17, 15) is 0 Å². The Kier molecular flexibility index (Phi) is 4.90. The molecule has 1 aliphatic rings. The van der Waals surface area contributed by atoms with Gasteiger partial charge in [-0.15, -0.1) is 0 Å². The summed E-state index contributed by atoms with van der Waals surface area (Å²) in [5.41, 5.74) is 5.47. The molecule has 0 aromatic carbocycles. The van der Waals surface area contributed by atoms with Crippen LogP contribution in [0.15, 0.2) is 4.52 Å². The van der Waals surface area contributed by atoms with Gasteiger partial charge < -0.3 is 15.2 Å². The van der Waals surface area contributed by atoms with Gasteiger partial charge in [-0.3, -0.25) is 4.90 Å². The van der Waals surface area contributed by atoms with Crippen LogP contribution in [0.5, 0.6) is 0 Å². The van der Waals surface area contributed by atoms with Gasteiger partial charge in [0.1, 0.15) is 0 Å². The molecule has 2 unspecified atom stereocenters.